The van der Waals surface area contributed by atoms with Crippen molar-refractivity contribution < 1.29 is 46.2 Å². The number of likely N-dealkylation sites (tertiary alicyclic amines) is 1. The van der Waals surface area contributed by atoms with Gasteiger partial charge in [0.15, 0.2) is 5.82 Å². The Bertz CT molecular complexity index is 1750. The van der Waals surface area contributed by atoms with Crippen LogP contribution in [0.25, 0.3) is 0 Å². The molecule has 1 aliphatic heterocycles. The van der Waals surface area contributed by atoms with Gasteiger partial charge in [-0.15, -0.1) is 0 Å². The number of alkyl carbamates (subject to hydrolysis) is 1. The van der Waals surface area contributed by atoms with E-state index in [2.05, 4.69) is 20.9 Å². The molecule has 1 fully saturated rings. The van der Waals surface area contributed by atoms with Gasteiger partial charge in [0.2, 0.25) is 11.8 Å². The smallest absolute Gasteiger partial charge is 0.416 e. The summed E-state index contributed by atoms with van der Waals surface area (Å²) in [6, 6.07) is 8.30. The van der Waals surface area contributed by atoms with Crippen LogP contribution in [0, 0.1) is 11.7 Å². The van der Waals surface area contributed by atoms with E-state index in [1.807, 2.05) is 37.3 Å². The fourth-order valence-electron chi connectivity index (χ4n) is 5.51. The fourth-order valence-corrected chi connectivity index (χ4v) is 5.51. The zero-order valence-electron chi connectivity index (χ0n) is 30.6. The minimum atomic E-state index is -4.80. The number of hydrogen-bond donors (Lipinski definition) is 3. The number of ether oxygens (including phenoxy) is 2. The van der Waals surface area contributed by atoms with Gasteiger partial charge in [-0.3, -0.25) is 14.4 Å². The van der Waals surface area contributed by atoms with E-state index >= 15 is 4.39 Å². The number of rotatable bonds is 12. The quantitative estimate of drug-likeness (QED) is 0.198. The van der Waals surface area contributed by atoms with Crippen LogP contribution in [0.1, 0.15) is 77.1 Å². The number of carbonyl (C=O) groups excluding carboxylic acids is 4. The molecule has 53 heavy (non-hydrogen) atoms. The van der Waals surface area contributed by atoms with Gasteiger partial charge < -0.3 is 34.9 Å². The zero-order valence-corrected chi connectivity index (χ0v) is 30.6. The van der Waals surface area contributed by atoms with E-state index in [1.165, 1.54) is 29.5 Å². The van der Waals surface area contributed by atoms with Crippen molar-refractivity contribution in [3.8, 4) is 0 Å². The Hall–Kier alpha value is -4.99. The molecule has 16 heteroatoms. The number of alkyl halides is 3. The van der Waals surface area contributed by atoms with Crippen LogP contribution in [0.2, 0.25) is 0 Å². The number of imidazole rings is 1. The summed E-state index contributed by atoms with van der Waals surface area (Å²) in [7, 11) is 0. The number of halogens is 4. The van der Waals surface area contributed by atoms with Crippen LogP contribution in [0.5, 0.6) is 0 Å². The summed E-state index contributed by atoms with van der Waals surface area (Å²) in [5, 5.41) is 7.65. The Kier molecular flexibility index (Phi) is 12.9. The second-order valence-electron chi connectivity index (χ2n) is 14.6. The van der Waals surface area contributed by atoms with E-state index < -0.39 is 64.6 Å². The summed E-state index contributed by atoms with van der Waals surface area (Å²) in [6.07, 6.45) is -1.84. The molecule has 12 nitrogen and oxygen atoms in total. The highest BCUT2D eigenvalue weighted by molar-refractivity contribution is 5.98. The monoisotopic (exact) mass is 746 g/mol. The van der Waals surface area contributed by atoms with Gasteiger partial charge in [0, 0.05) is 24.8 Å². The molecule has 3 aromatic rings. The highest BCUT2D eigenvalue weighted by Gasteiger charge is 2.37. The Labute approximate surface area is 305 Å². The van der Waals surface area contributed by atoms with E-state index in [0.29, 0.717) is 44.0 Å². The molecule has 2 unspecified atom stereocenters. The van der Waals surface area contributed by atoms with E-state index in [4.69, 9.17) is 9.47 Å². The number of hydrogen-bond acceptors (Lipinski definition) is 7. The molecule has 3 N–H and O–H groups in total. The summed E-state index contributed by atoms with van der Waals surface area (Å²) < 4.78 is 67.7. The molecule has 1 aliphatic rings. The van der Waals surface area contributed by atoms with Gasteiger partial charge in [-0.25, -0.2) is 14.2 Å². The average Bonchev–Trinajstić information content (AvgIpc) is 3.51. The van der Waals surface area contributed by atoms with Crippen LogP contribution in [-0.4, -0.2) is 75.1 Å². The van der Waals surface area contributed by atoms with Gasteiger partial charge in [0.05, 0.1) is 25.1 Å². The van der Waals surface area contributed by atoms with Crippen LogP contribution in [0.3, 0.4) is 0 Å². The molecule has 0 radical (unpaired) electrons. The number of nitrogens with zero attached hydrogens (tertiary/aromatic N) is 3. The van der Waals surface area contributed by atoms with Crippen LogP contribution in [-0.2, 0) is 36.6 Å². The largest absolute Gasteiger partial charge is 0.444 e. The highest BCUT2D eigenvalue weighted by atomic mass is 19.4. The molecule has 2 aromatic carbocycles. The summed E-state index contributed by atoms with van der Waals surface area (Å²) in [6.45, 7) is 10.4. The molecule has 1 aromatic heterocycles. The standard InChI is InChI=1S/C37H46F4N6O6/c1-23-14-16-46(17-15-23)32(49)30(26-13-12-25(18-27(26)38)37(39,40)41)47-19-29(42-22-47)44-31(48)28(21-52-20-24-10-8-7-9-11-24)43-33(50)36(5,6)45-34(51)53-35(2,3)4/h7-13,18-19,22-23,28,30H,14-17,20-21H2,1-6H3,(H,43,50)(H,44,48)(H,45,51). The third kappa shape index (κ3) is 11.5. The molecule has 0 aliphatic carbocycles. The van der Waals surface area contributed by atoms with E-state index in [1.54, 1.807) is 20.8 Å². The topological polar surface area (TPSA) is 144 Å². The predicted octanol–water partition coefficient (Wildman–Crippen LogP) is 5.83. The Morgan fingerprint density at radius 3 is 2.25 bits per heavy atom. The van der Waals surface area contributed by atoms with Crippen molar-refractivity contribution in [1.82, 2.24) is 25.1 Å². The first-order chi connectivity index (χ1) is 24.7. The lowest BCUT2D eigenvalue weighted by Crippen LogP contribution is -2.59. The maximum atomic E-state index is 15.4. The predicted molar refractivity (Wildman–Crippen MR) is 187 cm³/mol. The molecule has 4 rings (SSSR count). The molecular weight excluding hydrogens is 700 g/mol. The first kappa shape index (κ1) is 40.8. The first-order valence-corrected chi connectivity index (χ1v) is 17.2. The number of piperidine rings is 1. The van der Waals surface area contributed by atoms with Gasteiger partial charge in [0.25, 0.3) is 5.91 Å². The van der Waals surface area contributed by atoms with Gasteiger partial charge in [-0.2, -0.15) is 13.2 Å². The van der Waals surface area contributed by atoms with E-state index in [-0.39, 0.29) is 24.6 Å². The van der Waals surface area contributed by atoms with E-state index in [0.717, 1.165) is 18.0 Å². The SMILES string of the molecule is CC1CCN(C(=O)C(c2ccc(C(F)(F)F)cc2F)n2cnc(NC(=O)C(COCc3ccccc3)NC(=O)C(C)(C)NC(=O)OC(C)(C)C)c2)CC1. The summed E-state index contributed by atoms with van der Waals surface area (Å²) >= 11 is 0. The summed E-state index contributed by atoms with van der Waals surface area (Å²) in [5.41, 5.74) is -3.08. The molecule has 2 heterocycles. The third-order valence-electron chi connectivity index (χ3n) is 8.50. The van der Waals surface area contributed by atoms with Crippen molar-refractivity contribution in [3.05, 3.63) is 83.6 Å². The van der Waals surface area contributed by atoms with Crippen LogP contribution >= 0.6 is 0 Å². The van der Waals surface area contributed by atoms with Crippen LogP contribution < -0.4 is 16.0 Å². The number of anilines is 1. The normalized spacial score (nSPS) is 15.3. The number of aromatic nitrogens is 2. The van der Waals surface area contributed by atoms with Crippen molar-refractivity contribution in [2.75, 3.05) is 25.0 Å². The summed E-state index contributed by atoms with van der Waals surface area (Å²) in [4.78, 5) is 59.1. The number of benzene rings is 2. The number of carbonyl (C=O) groups is 4. The molecular formula is C37H46F4N6O6. The Balaban J connectivity index is 1.58. The minimum Gasteiger partial charge on any atom is -0.444 e. The van der Waals surface area contributed by atoms with Crippen molar-refractivity contribution in [2.45, 2.75) is 90.4 Å². The molecule has 288 valence electrons. The van der Waals surface area contributed by atoms with Gasteiger partial charge in [0.1, 0.15) is 29.0 Å². The van der Waals surface area contributed by atoms with Gasteiger partial charge in [-0.1, -0.05) is 43.3 Å². The second kappa shape index (κ2) is 16.8. The lowest BCUT2D eigenvalue weighted by atomic mass is 9.97. The highest BCUT2D eigenvalue weighted by Crippen LogP contribution is 2.33. The molecule has 0 bridgehead atoms. The third-order valence-corrected chi connectivity index (χ3v) is 8.50. The molecule has 1 saturated heterocycles. The van der Waals surface area contributed by atoms with Crippen molar-refractivity contribution in [2.24, 2.45) is 5.92 Å². The van der Waals surface area contributed by atoms with Gasteiger partial charge >= 0.3 is 12.3 Å². The van der Waals surface area contributed by atoms with Crippen LogP contribution in [0.4, 0.5) is 28.2 Å². The van der Waals surface area contributed by atoms with Gasteiger partial charge in [-0.05, 0) is 71.1 Å². The van der Waals surface area contributed by atoms with Crippen molar-refractivity contribution >= 4 is 29.6 Å². The Morgan fingerprint density at radius 2 is 1.64 bits per heavy atom. The first-order valence-electron chi connectivity index (χ1n) is 17.2. The molecule has 4 amide bonds. The average molecular weight is 747 g/mol. The lowest BCUT2D eigenvalue weighted by molar-refractivity contribution is -0.137. The zero-order chi connectivity index (χ0) is 39.1. The maximum absolute atomic E-state index is 15.4. The number of amides is 4. The van der Waals surface area contributed by atoms with Crippen molar-refractivity contribution in [3.63, 3.8) is 0 Å². The number of nitrogens with one attached hydrogen (secondary N) is 3. The maximum Gasteiger partial charge on any atom is 0.416 e. The lowest BCUT2D eigenvalue weighted by Gasteiger charge is -2.33. The second-order valence-corrected chi connectivity index (χ2v) is 14.6. The molecule has 2 atom stereocenters. The molecule has 0 saturated carbocycles. The Morgan fingerprint density at radius 1 is 0.981 bits per heavy atom. The van der Waals surface area contributed by atoms with E-state index in [9.17, 15) is 32.3 Å². The van der Waals surface area contributed by atoms with Crippen molar-refractivity contribution in [1.29, 1.82) is 0 Å². The fraction of sp³-hybridized carbons (Fsp3) is 0.486. The molecule has 0 spiro atoms. The van der Waals surface area contributed by atoms with Crippen LogP contribution in [0.15, 0.2) is 61.1 Å². The minimum absolute atomic E-state index is 0.0964. The summed E-state index contributed by atoms with van der Waals surface area (Å²) in [5.74, 6) is -3.04.